The van der Waals surface area contributed by atoms with E-state index >= 15 is 0 Å². The van der Waals surface area contributed by atoms with E-state index < -0.39 is 0 Å². The van der Waals surface area contributed by atoms with E-state index in [2.05, 4.69) is 15.4 Å². The zero-order valence-corrected chi connectivity index (χ0v) is 13.2. The molecule has 1 amide bonds. The summed E-state index contributed by atoms with van der Waals surface area (Å²) < 4.78 is 3.58. The highest BCUT2D eigenvalue weighted by atomic mass is 16.1. The lowest BCUT2D eigenvalue weighted by Gasteiger charge is -2.11. The molecule has 0 aliphatic heterocycles. The molecular weight excluding hydrogens is 292 g/mol. The number of hydrogen-bond donors (Lipinski definition) is 2. The fraction of sp³-hybridized carbons (Fsp3) is 0.312. The van der Waals surface area contributed by atoms with E-state index in [4.69, 9.17) is 5.73 Å². The average Bonchev–Trinajstić information content (AvgIpc) is 3.12. The number of fused-ring (bicyclic) bond motifs is 1. The number of nitrogens with two attached hydrogens (primary N) is 1. The van der Waals surface area contributed by atoms with Gasteiger partial charge in [0.25, 0.3) is 0 Å². The van der Waals surface area contributed by atoms with E-state index in [1.807, 2.05) is 49.0 Å². The predicted molar refractivity (Wildman–Crippen MR) is 88.9 cm³/mol. The molecule has 120 valence electrons. The average molecular weight is 312 g/mol. The molecule has 7 heteroatoms. The molecule has 0 spiro atoms. The third kappa shape index (κ3) is 2.95. The van der Waals surface area contributed by atoms with E-state index in [0.29, 0.717) is 24.5 Å². The van der Waals surface area contributed by atoms with Crippen LogP contribution in [0, 0.1) is 5.92 Å². The number of rotatable bonds is 5. The van der Waals surface area contributed by atoms with Crippen LogP contribution in [0.4, 0.5) is 5.82 Å². The maximum atomic E-state index is 12.4. The highest BCUT2D eigenvalue weighted by molar-refractivity contribution is 5.95. The van der Waals surface area contributed by atoms with Crippen LogP contribution in [-0.4, -0.2) is 31.6 Å². The van der Waals surface area contributed by atoms with Crippen molar-refractivity contribution < 1.29 is 4.79 Å². The Labute approximate surface area is 134 Å². The highest BCUT2D eigenvalue weighted by Gasteiger charge is 2.19. The number of aromatic nitrogens is 4. The number of carbonyl (C=O) groups excluding carboxylic acids is 1. The molecule has 0 aromatic carbocycles. The third-order valence-corrected chi connectivity index (χ3v) is 3.80. The monoisotopic (exact) mass is 312 g/mol. The first kappa shape index (κ1) is 15.2. The van der Waals surface area contributed by atoms with Crippen LogP contribution in [0.2, 0.25) is 0 Å². The fourth-order valence-corrected chi connectivity index (χ4v) is 2.48. The quantitative estimate of drug-likeness (QED) is 0.749. The minimum atomic E-state index is -0.156. The van der Waals surface area contributed by atoms with Gasteiger partial charge < -0.3 is 11.1 Å². The minimum absolute atomic E-state index is 0.0637. The molecule has 0 radical (unpaired) electrons. The molecule has 0 aliphatic rings. The van der Waals surface area contributed by atoms with Gasteiger partial charge in [-0.1, -0.05) is 13.0 Å². The normalized spacial score (nSPS) is 12.5. The van der Waals surface area contributed by atoms with Crippen LogP contribution in [-0.2, 0) is 11.8 Å². The fourth-order valence-electron chi connectivity index (χ4n) is 2.48. The summed E-state index contributed by atoms with van der Waals surface area (Å²) in [5.74, 6) is 0.435. The summed E-state index contributed by atoms with van der Waals surface area (Å²) in [6.07, 6.45) is 6.14. The molecule has 3 aromatic rings. The van der Waals surface area contributed by atoms with E-state index in [0.717, 1.165) is 11.2 Å². The second-order valence-electron chi connectivity index (χ2n) is 5.61. The van der Waals surface area contributed by atoms with E-state index in [9.17, 15) is 4.79 Å². The zero-order chi connectivity index (χ0) is 16.4. The number of aryl methyl sites for hydroxylation is 1. The molecule has 3 aromatic heterocycles. The Morgan fingerprint density at radius 3 is 2.96 bits per heavy atom. The lowest BCUT2D eigenvalue weighted by Crippen LogP contribution is -2.23. The smallest absolute Gasteiger partial charge is 0.228 e. The van der Waals surface area contributed by atoms with Gasteiger partial charge in [-0.25, -0.2) is 4.98 Å². The van der Waals surface area contributed by atoms with Gasteiger partial charge in [-0.3, -0.25) is 13.9 Å². The van der Waals surface area contributed by atoms with E-state index in [-0.39, 0.29) is 11.8 Å². The molecule has 3 N–H and O–H groups in total. The summed E-state index contributed by atoms with van der Waals surface area (Å²) in [7, 11) is 1.85. The summed E-state index contributed by atoms with van der Waals surface area (Å²) in [5, 5.41) is 7.18. The minimum Gasteiger partial charge on any atom is -0.330 e. The van der Waals surface area contributed by atoms with Gasteiger partial charge in [-0.15, -0.1) is 0 Å². The van der Waals surface area contributed by atoms with Crippen molar-refractivity contribution in [1.29, 1.82) is 0 Å². The van der Waals surface area contributed by atoms with Crippen molar-refractivity contribution in [2.24, 2.45) is 18.7 Å². The Bertz CT molecular complexity index is 834. The molecule has 3 rings (SSSR count). The van der Waals surface area contributed by atoms with Gasteiger partial charge >= 0.3 is 0 Å². The third-order valence-electron chi connectivity index (χ3n) is 3.80. The number of nitrogens with one attached hydrogen (secondary N) is 1. The van der Waals surface area contributed by atoms with Crippen molar-refractivity contribution in [2.45, 2.75) is 13.3 Å². The van der Waals surface area contributed by atoms with Crippen molar-refractivity contribution in [3.63, 3.8) is 0 Å². The topological polar surface area (TPSA) is 90.2 Å². The molecular formula is C16H20N6O. The van der Waals surface area contributed by atoms with Crippen LogP contribution in [0.15, 0.2) is 36.8 Å². The number of pyridine rings is 1. The first-order chi connectivity index (χ1) is 11.1. The van der Waals surface area contributed by atoms with Crippen molar-refractivity contribution in [1.82, 2.24) is 19.2 Å². The lowest BCUT2D eigenvalue weighted by molar-refractivity contribution is -0.119. The predicted octanol–water partition coefficient (Wildman–Crippen LogP) is 1.66. The largest absolute Gasteiger partial charge is 0.330 e. The first-order valence-corrected chi connectivity index (χ1v) is 7.57. The van der Waals surface area contributed by atoms with Crippen molar-refractivity contribution in [3.05, 3.63) is 36.8 Å². The maximum absolute atomic E-state index is 12.4. The molecule has 0 bridgehead atoms. The second kappa shape index (κ2) is 6.21. The summed E-state index contributed by atoms with van der Waals surface area (Å²) in [4.78, 5) is 17.0. The number of nitrogens with zero attached hydrogens (tertiary/aromatic N) is 4. The first-order valence-electron chi connectivity index (χ1n) is 7.57. The van der Waals surface area contributed by atoms with Crippen LogP contribution in [0.25, 0.3) is 16.9 Å². The number of carbonyl (C=O) groups is 1. The van der Waals surface area contributed by atoms with Crippen molar-refractivity contribution in [2.75, 3.05) is 11.9 Å². The molecule has 1 unspecified atom stereocenters. The Balaban J connectivity index is 2.04. The van der Waals surface area contributed by atoms with E-state index in [1.165, 1.54) is 0 Å². The van der Waals surface area contributed by atoms with Crippen LogP contribution < -0.4 is 11.1 Å². The van der Waals surface area contributed by atoms with Gasteiger partial charge in [0.2, 0.25) is 5.91 Å². The highest BCUT2D eigenvalue weighted by Crippen LogP contribution is 2.28. The van der Waals surface area contributed by atoms with Gasteiger partial charge in [0.05, 0.1) is 6.20 Å². The summed E-state index contributed by atoms with van der Waals surface area (Å²) in [6.45, 7) is 2.35. The number of anilines is 1. The molecule has 0 fully saturated rings. The summed E-state index contributed by atoms with van der Waals surface area (Å²) in [5.41, 5.74) is 7.88. The van der Waals surface area contributed by atoms with Gasteiger partial charge in [-0.05, 0) is 25.1 Å². The molecule has 0 aliphatic carbocycles. The Morgan fingerprint density at radius 2 is 2.26 bits per heavy atom. The maximum Gasteiger partial charge on any atom is 0.228 e. The number of amides is 1. The standard InChI is InChI=1S/C16H20N6O/c1-11(6-7-17)16(23)20-15-14(12-9-18-21(2)10-12)19-13-5-3-4-8-22(13)15/h3-5,8-11H,6-7,17H2,1-2H3,(H,20,23). The molecule has 0 saturated carbocycles. The molecule has 1 atom stereocenters. The second-order valence-corrected chi connectivity index (χ2v) is 5.61. The van der Waals surface area contributed by atoms with Gasteiger partial charge in [0.1, 0.15) is 17.2 Å². The van der Waals surface area contributed by atoms with E-state index in [1.54, 1.807) is 10.9 Å². The Kier molecular flexibility index (Phi) is 4.12. The molecule has 7 nitrogen and oxygen atoms in total. The van der Waals surface area contributed by atoms with Crippen LogP contribution in [0.5, 0.6) is 0 Å². The van der Waals surface area contributed by atoms with Gasteiger partial charge in [0.15, 0.2) is 0 Å². The zero-order valence-electron chi connectivity index (χ0n) is 13.2. The Morgan fingerprint density at radius 1 is 1.43 bits per heavy atom. The molecule has 23 heavy (non-hydrogen) atoms. The lowest BCUT2D eigenvalue weighted by atomic mass is 10.1. The van der Waals surface area contributed by atoms with Gasteiger partial charge in [0, 0.05) is 30.9 Å². The Hall–Kier alpha value is -2.67. The van der Waals surface area contributed by atoms with Crippen LogP contribution in [0.3, 0.4) is 0 Å². The summed E-state index contributed by atoms with van der Waals surface area (Å²) in [6, 6.07) is 5.72. The van der Waals surface area contributed by atoms with Crippen molar-refractivity contribution >= 4 is 17.4 Å². The van der Waals surface area contributed by atoms with Crippen LogP contribution >= 0.6 is 0 Å². The summed E-state index contributed by atoms with van der Waals surface area (Å²) >= 11 is 0. The number of imidazole rings is 1. The number of hydrogen-bond acceptors (Lipinski definition) is 4. The molecule has 3 heterocycles. The van der Waals surface area contributed by atoms with Crippen molar-refractivity contribution in [3.8, 4) is 11.3 Å². The molecule has 0 saturated heterocycles. The van der Waals surface area contributed by atoms with Crippen LogP contribution in [0.1, 0.15) is 13.3 Å². The van der Waals surface area contributed by atoms with Gasteiger partial charge in [-0.2, -0.15) is 5.10 Å². The SMILES string of the molecule is CC(CCN)C(=O)Nc1c(-c2cnn(C)c2)nc2ccccn12.